The van der Waals surface area contributed by atoms with Crippen LogP contribution in [0.4, 0.5) is 0 Å². The fourth-order valence-corrected chi connectivity index (χ4v) is 2.66. The Bertz CT molecular complexity index is 292. The smallest absolute Gasteiger partial charge is 0.0858 e. The second kappa shape index (κ2) is 4.96. The molecule has 0 aromatic carbocycles. The van der Waals surface area contributed by atoms with Gasteiger partial charge in [-0.05, 0) is 38.0 Å². The number of hydrogen-bond donors (Lipinski definition) is 1. The molecule has 0 aliphatic heterocycles. The first-order chi connectivity index (χ1) is 7.79. The van der Waals surface area contributed by atoms with Crippen molar-refractivity contribution in [2.45, 2.75) is 58.5 Å². The number of nitrogens with zero attached hydrogens (tertiary/aromatic N) is 1. The highest BCUT2D eigenvalue weighted by Gasteiger charge is 2.50. The normalized spacial score (nSPS) is 25.9. The van der Waals surface area contributed by atoms with Crippen molar-refractivity contribution in [3.05, 3.63) is 0 Å². The van der Waals surface area contributed by atoms with E-state index in [1.807, 2.05) is 0 Å². The summed E-state index contributed by atoms with van der Waals surface area (Å²) in [5, 5.41) is 20.1. The van der Waals surface area contributed by atoms with Gasteiger partial charge in [0.1, 0.15) is 0 Å². The summed E-state index contributed by atoms with van der Waals surface area (Å²) in [5.74, 6) is 0. The molecule has 1 unspecified atom stereocenters. The SMILES string of the molecule is COCCC(C)(O)C1(C#N)CCC(C)(C)CC1. The van der Waals surface area contributed by atoms with E-state index in [2.05, 4.69) is 19.9 Å². The predicted octanol–water partition coefficient (Wildman–Crippen LogP) is 2.88. The molecule has 1 rings (SSSR count). The van der Waals surface area contributed by atoms with Crippen molar-refractivity contribution in [1.29, 1.82) is 5.26 Å². The van der Waals surface area contributed by atoms with Crippen molar-refractivity contribution < 1.29 is 9.84 Å². The second-order valence-electron chi connectivity index (χ2n) is 6.37. The molecule has 1 saturated carbocycles. The van der Waals surface area contributed by atoms with Gasteiger partial charge in [0.15, 0.2) is 0 Å². The van der Waals surface area contributed by atoms with E-state index in [1.165, 1.54) is 0 Å². The van der Waals surface area contributed by atoms with Gasteiger partial charge in [-0.1, -0.05) is 13.8 Å². The van der Waals surface area contributed by atoms with E-state index >= 15 is 0 Å². The largest absolute Gasteiger partial charge is 0.388 e. The number of ether oxygens (including phenoxy) is 1. The predicted molar refractivity (Wildman–Crippen MR) is 67.4 cm³/mol. The van der Waals surface area contributed by atoms with E-state index in [4.69, 9.17) is 4.74 Å². The second-order valence-corrected chi connectivity index (χ2v) is 6.37. The van der Waals surface area contributed by atoms with E-state index in [-0.39, 0.29) is 0 Å². The fraction of sp³-hybridized carbons (Fsp3) is 0.929. The zero-order valence-corrected chi connectivity index (χ0v) is 11.5. The number of aliphatic hydroxyl groups is 1. The lowest BCUT2D eigenvalue weighted by atomic mass is 9.58. The summed E-state index contributed by atoms with van der Waals surface area (Å²) >= 11 is 0. The zero-order valence-electron chi connectivity index (χ0n) is 11.5. The average Bonchev–Trinajstić information content (AvgIpc) is 2.27. The van der Waals surface area contributed by atoms with Gasteiger partial charge in [-0.15, -0.1) is 0 Å². The lowest BCUT2D eigenvalue weighted by molar-refractivity contribution is -0.0865. The van der Waals surface area contributed by atoms with Crippen LogP contribution in [0.5, 0.6) is 0 Å². The molecule has 1 fully saturated rings. The summed E-state index contributed by atoms with van der Waals surface area (Å²) in [6.07, 6.45) is 4.10. The van der Waals surface area contributed by atoms with Gasteiger partial charge in [0.05, 0.1) is 17.1 Å². The minimum atomic E-state index is -0.950. The Balaban J connectivity index is 2.80. The van der Waals surface area contributed by atoms with Crippen LogP contribution in [-0.4, -0.2) is 24.4 Å². The van der Waals surface area contributed by atoms with Gasteiger partial charge in [0.2, 0.25) is 0 Å². The van der Waals surface area contributed by atoms with Crippen molar-refractivity contribution in [3.63, 3.8) is 0 Å². The maximum Gasteiger partial charge on any atom is 0.0858 e. The molecule has 3 nitrogen and oxygen atoms in total. The van der Waals surface area contributed by atoms with E-state index in [9.17, 15) is 10.4 Å². The molecule has 0 spiro atoms. The molecule has 1 N–H and O–H groups in total. The maximum absolute atomic E-state index is 10.6. The van der Waals surface area contributed by atoms with Crippen LogP contribution in [0, 0.1) is 22.2 Å². The first-order valence-electron chi connectivity index (χ1n) is 6.41. The van der Waals surface area contributed by atoms with Crippen LogP contribution in [0.25, 0.3) is 0 Å². The molecule has 0 saturated heterocycles. The topological polar surface area (TPSA) is 53.2 Å². The molecule has 3 heteroatoms. The van der Waals surface area contributed by atoms with Gasteiger partial charge >= 0.3 is 0 Å². The number of rotatable bonds is 4. The molecule has 1 atom stereocenters. The third kappa shape index (κ3) is 3.00. The molecule has 1 aliphatic carbocycles. The Hall–Kier alpha value is -0.590. The molecule has 0 aromatic rings. The summed E-state index contributed by atoms with van der Waals surface area (Å²) in [6, 6.07) is 2.40. The molecule has 17 heavy (non-hydrogen) atoms. The lowest BCUT2D eigenvalue weighted by Crippen LogP contribution is -2.49. The van der Waals surface area contributed by atoms with Gasteiger partial charge in [-0.3, -0.25) is 0 Å². The molecule has 98 valence electrons. The standard InChI is InChI=1S/C14H25NO2/c1-12(2)5-7-14(11-15,8-6-12)13(3,16)9-10-17-4/h16H,5-10H2,1-4H3. The Morgan fingerprint density at radius 1 is 1.29 bits per heavy atom. The van der Waals surface area contributed by atoms with Crippen LogP contribution >= 0.6 is 0 Å². The van der Waals surface area contributed by atoms with Crippen LogP contribution in [0.15, 0.2) is 0 Å². The first kappa shape index (κ1) is 14.5. The third-order valence-corrected chi connectivity index (χ3v) is 4.50. The average molecular weight is 239 g/mol. The molecular weight excluding hydrogens is 214 g/mol. The number of nitriles is 1. The Kier molecular flexibility index (Phi) is 4.22. The van der Waals surface area contributed by atoms with Crippen molar-refractivity contribution in [1.82, 2.24) is 0 Å². The maximum atomic E-state index is 10.6. The first-order valence-corrected chi connectivity index (χ1v) is 6.41. The number of methoxy groups -OCH3 is 1. The Morgan fingerprint density at radius 3 is 2.24 bits per heavy atom. The summed E-state index contributed by atoms with van der Waals surface area (Å²) < 4.78 is 5.03. The summed E-state index contributed by atoms with van der Waals surface area (Å²) in [6.45, 7) is 6.75. The molecule has 1 aliphatic rings. The van der Waals surface area contributed by atoms with E-state index in [1.54, 1.807) is 14.0 Å². The highest BCUT2D eigenvalue weighted by molar-refractivity contribution is 5.12. The van der Waals surface area contributed by atoms with E-state index < -0.39 is 11.0 Å². The molecule has 0 radical (unpaired) electrons. The van der Waals surface area contributed by atoms with Gasteiger partial charge in [-0.2, -0.15) is 5.26 Å². The van der Waals surface area contributed by atoms with Crippen LogP contribution in [0.2, 0.25) is 0 Å². The van der Waals surface area contributed by atoms with Crippen molar-refractivity contribution in [2.24, 2.45) is 10.8 Å². The van der Waals surface area contributed by atoms with Crippen molar-refractivity contribution in [3.8, 4) is 6.07 Å². The fourth-order valence-electron chi connectivity index (χ4n) is 2.66. The van der Waals surface area contributed by atoms with Crippen molar-refractivity contribution in [2.75, 3.05) is 13.7 Å². The molecule has 0 amide bonds. The van der Waals surface area contributed by atoms with Crippen molar-refractivity contribution >= 4 is 0 Å². The van der Waals surface area contributed by atoms with Gasteiger partial charge < -0.3 is 9.84 Å². The van der Waals surface area contributed by atoms with E-state index in [0.717, 1.165) is 25.7 Å². The van der Waals surface area contributed by atoms with Crippen LogP contribution in [0.1, 0.15) is 52.9 Å². The Labute approximate surface area is 105 Å². The summed E-state index contributed by atoms with van der Waals surface area (Å²) in [5.41, 5.74) is -1.24. The highest BCUT2D eigenvalue weighted by Crippen LogP contribution is 2.51. The molecule has 0 aromatic heterocycles. The zero-order chi connectivity index (χ0) is 13.2. The summed E-state index contributed by atoms with van der Waals surface area (Å²) in [4.78, 5) is 0. The van der Waals surface area contributed by atoms with Gasteiger partial charge in [-0.25, -0.2) is 0 Å². The lowest BCUT2D eigenvalue weighted by Gasteiger charge is -2.47. The third-order valence-electron chi connectivity index (χ3n) is 4.50. The number of hydrogen-bond acceptors (Lipinski definition) is 3. The monoisotopic (exact) mass is 239 g/mol. The minimum Gasteiger partial charge on any atom is -0.388 e. The Morgan fingerprint density at radius 2 is 1.82 bits per heavy atom. The molecule has 0 heterocycles. The summed E-state index contributed by atoms with van der Waals surface area (Å²) in [7, 11) is 1.62. The van der Waals surface area contributed by atoms with E-state index in [0.29, 0.717) is 18.4 Å². The van der Waals surface area contributed by atoms with Crippen LogP contribution < -0.4 is 0 Å². The van der Waals surface area contributed by atoms with Crippen LogP contribution in [0.3, 0.4) is 0 Å². The van der Waals surface area contributed by atoms with Gasteiger partial charge in [0, 0.05) is 20.1 Å². The van der Waals surface area contributed by atoms with Gasteiger partial charge in [0.25, 0.3) is 0 Å². The minimum absolute atomic E-state index is 0.303. The molecule has 0 bridgehead atoms. The quantitative estimate of drug-likeness (QED) is 0.820. The van der Waals surface area contributed by atoms with Crippen LogP contribution in [-0.2, 0) is 4.74 Å². The highest BCUT2D eigenvalue weighted by atomic mass is 16.5. The molecular formula is C14H25NO2.